The van der Waals surface area contributed by atoms with Gasteiger partial charge in [0, 0.05) is 36.7 Å². The maximum atomic E-state index is 6.39. The summed E-state index contributed by atoms with van der Waals surface area (Å²) < 4.78 is 15.2. The number of fused-ring (bicyclic) bond motifs is 4. The standard InChI is InChI=1S/C32H27BN2O2S/c1-31(2)32(3,4)37-33(36-31)21-17-18-26-24(19-21)28-23(14-10-16-27(28)38-26)29-22-13-8-9-15-25(22)34-30(35-29)20-11-6-5-7-12-20/h5-19H,1-4H3. The van der Waals surface area contributed by atoms with Crippen molar-refractivity contribution < 1.29 is 9.31 Å². The molecular formula is C32H27BN2O2S. The highest BCUT2D eigenvalue weighted by atomic mass is 32.1. The summed E-state index contributed by atoms with van der Waals surface area (Å²) in [5.74, 6) is 0.730. The Morgan fingerprint density at radius 2 is 1.42 bits per heavy atom. The Hall–Kier alpha value is -3.58. The molecule has 1 saturated heterocycles. The fourth-order valence-electron chi connectivity index (χ4n) is 5.17. The molecular weight excluding hydrogens is 487 g/mol. The van der Waals surface area contributed by atoms with Gasteiger partial charge < -0.3 is 9.31 Å². The molecule has 0 unspecified atom stereocenters. The Bertz CT molecular complexity index is 1830. The second-order valence-electron chi connectivity index (χ2n) is 10.9. The first kappa shape index (κ1) is 23.5. The molecule has 0 N–H and O–H groups in total. The van der Waals surface area contributed by atoms with Crippen molar-refractivity contribution in [3.8, 4) is 22.6 Å². The summed E-state index contributed by atoms with van der Waals surface area (Å²) in [6, 6.07) is 31.5. The smallest absolute Gasteiger partial charge is 0.399 e. The number of hydrogen-bond donors (Lipinski definition) is 0. The predicted molar refractivity (Wildman–Crippen MR) is 159 cm³/mol. The zero-order valence-corrected chi connectivity index (χ0v) is 22.7. The number of para-hydroxylation sites is 1. The highest BCUT2D eigenvalue weighted by Crippen LogP contribution is 2.42. The monoisotopic (exact) mass is 514 g/mol. The third kappa shape index (κ3) is 3.67. The van der Waals surface area contributed by atoms with Gasteiger partial charge in [0.05, 0.1) is 22.4 Å². The molecule has 1 aliphatic rings. The summed E-state index contributed by atoms with van der Waals surface area (Å²) in [4.78, 5) is 10.1. The molecule has 1 fully saturated rings. The van der Waals surface area contributed by atoms with Crippen LogP contribution < -0.4 is 5.46 Å². The minimum absolute atomic E-state index is 0.387. The molecule has 0 bridgehead atoms. The first-order chi connectivity index (χ1) is 18.3. The molecule has 0 saturated carbocycles. The van der Waals surface area contributed by atoms with Gasteiger partial charge in [0.2, 0.25) is 0 Å². The molecule has 0 spiro atoms. The van der Waals surface area contributed by atoms with Crippen molar-refractivity contribution in [3.05, 3.63) is 91.0 Å². The summed E-state index contributed by atoms with van der Waals surface area (Å²) in [5.41, 5.74) is 4.25. The van der Waals surface area contributed by atoms with E-state index in [9.17, 15) is 0 Å². The topological polar surface area (TPSA) is 44.2 Å². The van der Waals surface area contributed by atoms with Gasteiger partial charge in [-0.3, -0.25) is 0 Å². The molecule has 4 aromatic carbocycles. The van der Waals surface area contributed by atoms with Crippen LogP contribution in [0, 0.1) is 0 Å². The van der Waals surface area contributed by atoms with E-state index in [1.165, 1.54) is 20.2 Å². The van der Waals surface area contributed by atoms with Crippen molar-refractivity contribution >= 4 is 55.0 Å². The van der Waals surface area contributed by atoms with Crippen molar-refractivity contribution in [1.82, 2.24) is 9.97 Å². The Kier molecular flexibility index (Phi) is 5.24. The quantitative estimate of drug-likeness (QED) is 0.228. The van der Waals surface area contributed by atoms with Crippen LogP contribution in [0.3, 0.4) is 0 Å². The molecule has 0 radical (unpaired) electrons. The Balaban J connectivity index is 1.46. The highest BCUT2D eigenvalue weighted by molar-refractivity contribution is 7.26. The van der Waals surface area contributed by atoms with Crippen LogP contribution in [0.4, 0.5) is 0 Å². The molecule has 1 aliphatic heterocycles. The van der Waals surface area contributed by atoms with Gasteiger partial charge >= 0.3 is 7.12 Å². The van der Waals surface area contributed by atoms with Crippen molar-refractivity contribution in [2.24, 2.45) is 0 Å². The summed E-state index contributed by atoms with van der Waals surface area (Å²) in [6.45, 7) is 8.37. The van der Waals surface area contributed by atoms with E-state index < -0.39 is 7.12 Å². The number of thiophene rings is 1. The van der Waals surface area contributed by atoms with Crippen molar-refractivity contribution in [2.75, 3.05) is 0 Å². The summed E-state index contributed by atoms with van der Waals surface area (Å²) in [5, 5.41) is 3.44. The van der Waals surface area contributed by atoms with Gasteiger partial charge in [-0.15, -0.1) is 11.3 Å². The largest absolute Gasteiger partial charge is 0.494 e. The van der Waals surface area contributed by atoms with Crippen LogP contribution >= 0.6 is 11.3 Å². The van der Waals surface area contributed by atoms with E-state index in [2.05, 4.69) is 94.4 Å². The molecule has 0 amide bonds. The first-order valence-electron chi connectivity index (χ1n) is 12.9. The number of benzene rings is 4. The van der Waals surface area contributed by atoms with E-state index in [1.807, 2.05) is 24.3 Å². The summed E-state index contributed by atoms with van der Waals surface area (Å²) >= 11 is 1.80. The number of hydrogen-bond acceptors (Lipinski definition) is 5. The van der Waals surface area contributed by atoms with E-state index >= 15 is 0 Å². The molecule has 4 nitrogen and oxygen atoms in total. The van der Waals surface area contributed by atoms with Crippen molar-refractivity contribution in [3.63, 3.8) is 0 Å². The minimum atomic E-state index is -0.406. The van der Waals surface area contributed by atoms with Crippen LogP contribution in [0.5, 0.6) is 0 Å². The average Bonchev–Trinajstić information content (AvgIpc) is 3.40. The lowest BCUT2D eigenvalue weighted by molar-refractivity contribution is 0.00578. The minimum Gasteiger partial charge on any atom is -0.399 e. The summed E-state index contributed by atoms with van der Waals surface area (Å²) in [6.07, 6.45) is 0. The second-order valence-corrected chi connectivity index (χ2v) is 12.0. The fraction of sp³-hybridized carbons (Fsp3) is 0.188. The van der Waals surface area contributed by atoms with Crippen LogP contribution in [-0.2, 0) is 9.31 Å². The molecule has 0 aliphatic carbocycles. The van der Waals surface area contributed by atoms with E-state index in [-0.39, 0.29) is 11.2 Å². The average molecular weight is 514 g/mol. The van der Waals surface area contributed by atoms with Crippen molar-refractivity contribution in [1.29, 1.82) is 0 Å². The molecule has 0 atom stereocenters. The number of rotatable bonds is 3. The SMILES string of the molecule is CC1(C)OB(c2ccc3sc4cccc(-c5nc(-c6ccccc6)nc6ccccc56)c4c3c2)OC1(C)C. The zero-order chi connectivity index (χ0) is 26.1. The third-order valence-corrected chi connectivity index (χ3v) is 9.07. The zero-order valence-electron chi connectivity index (χ0n) is 21.9. The van der Waals surface area contributed by atoms with Gasteiger partial charge in [-0.2, -0.15) is 0 Å². The molecule has 6 aromatic rings. The second kappa shape index (κ2) is 8.47. The lowest BCUT2D eigenvalue weighted by Crippen LogP contribution is -2.41. The van der Waals surface area contributed by atoms with E-state index in [0.29, 0.717) is 0 Å². The fourth-order valence-corrected chi connectivity index (χ4v) is 6.28. The number of aromatic nitrogens is 2. The van der Waals surface area contributed by atoms with Gasteiger partial charge in [0.1, 0.15) is 0 Å². The third-order valence-electron chi connectivity index (χ3n) is 7.93. The Morgan fingerprint density at radius 1 is 0.684 bits per heavy atom. The Morgan fingerprint density at radius 3 is 2.21 bits per heavy atom. The maximum absolute atomic E-state index is 6.39. The molecule has 3 heterocycles. The lowest BCUT2D eigenvalue weighted by atomic mass is 9.78. The normalized spacial score (nSPS) is 16.6. The van der Waals surface area contributed by atoms with Crippen LogP contribution in [0.15, 0.2) is 91.0 Å². The van der Waals surface area contributed by atoms with Gasteiger partial charge in [-0.05, 0) is 51.4 Å². The number of nitrogens with zero attached hydrogens (tertiary/aromatic N) is 2. The van der Waals surface area contributed by atoms with Gasteiger partial charge in [0.15, 0.2) is 5.82 Å². The maximum Gasteiger partial charge on any atom is 0.494 e. The van der Waals surface area contributed by atoms with E-state index in [1.54, 1.807) is 11.3 Å². The summed E-state index contributed by atoms with van der Waals surface area (Å²) in [7, 11) is -0.406. The van der Waals surface area contributed by atoms with Crippen LogP contribution in [0.1, 0.15) is 27.7 Å². The molecule has 7 rings (SSSR count). The predicted octanol–water partition coefficient (Wildman–Crippen LogP) is 7.63. The van der Waals surface area contributed by atoms with Gasteiger partial charge in [-0.25, -0.2) is 9.97 Å². The Labute approximate surface area is 226 Å². The molecule has 186 valence electrons. The van der Waals surface area contributed by atoms with E-state index in [0.717, 1.165) is 39.0 Å². The molecule has 6 heteroatoms. The molecule has 38 heavy (non-hydrogen) atoms. The van der Waals surface area contributed by atoms with E-state index in [4.69, 9.17) is 19.3 Å². The van der Waals surface area contributed by atoms with Crippen LogP contribution in [0.2, 0.25) is 0 Å². The van der Waals surface area contributed by atoms with Gasteiger partial charge in [-0.1, -0.05) is 72.8 Å². The van der Waals surface area contributed by atoms with Gasteiger partial charge in [0.25, 0.3) is 0 Å². The highest BCUT2D eigenvalue weighted by Gasteiger charge is 2.51. The van der Waals surface area contributed by atoms with Crippen LogP contribution in [0.25, 0.3) is 53.7 Å². The molecule has 2 aromatic heterocycles. The van der Waals surface area contributed by atoms with Crippen molar-refractivity contribution in [2.45, 2.75) is 38.9 Å². The lowest BCUT2D eigenvalue weighted by Gasteiger charge is -2.32. The first-order valence-corrected chi connectivity index (χ1v) is 13.8. The van der Waals surface area contributed by atoms with Crippen LogP contribution in [-0.4, -0.2) is 28.3 Å².